The van der Waals surface area contributed by atoms with Crippen LogP contribution in [0.15, 0.2) is 54.7 Å². The second kappa shape index (κ2) is 15.4. The second-order valence-electron chi connectivity index (χ2n) is 16.2. The van der Waals surface area contributed by atoms with Gasteiger partial charge in [0.1, 0.15) is 23.4 Å². The van der Waals surface area contributed by atoms with Gasteiger partial charge in [-0.1, -0.05) is 26.0 Å². The highest BCUT2D eigenvalue weighted by Crippen LogP contribution is 2.42. The van der Waals surface area contributed by atoms with Gasteiger partial charge in [-0.15, -0.1) is 0 Å². The minimum atomic E-state index is -1.06. The van der Waals surface area contributed by atoms with Crippen molar-refractivity contribution < 1.29 is 33.7 Å². The number of aromatic hydroxyl groups is 1. The van der Waals surface area contributed by atoms with Crippen molar-refractivity contribution in [1.82, 2.24) is 25.3 Å². The number of aryl methyl sites for hydroxylation is 1. The highest BCUT2D eigenvalue weighted by Gasteiger charge is 2.36. The number of methoxy groups -OCH3 is 1. The Bertz CT molecular complexity index is 2050. The van der Waals surface area contributed by atoms with E-state index in [9.17, 15) is 19.5 Å². The number of carbonyl (C=O) groups is 3. The Morgan fingerprint density at radius 2 is 1.93 bits per heavy atom. The van der Waals surface area contributed by atoms with Gasteiger partial charge in [-0.25, -0.2) is 10.2 Å². The summed E-state index contributed by atoms with van der Waals surface area (Å²) in [4.78, 5) is 45.6. The van der Waals surface area contributed by atoms with E-state index >= 15 is 0 Å². The number of hydrogen-bond donors (Lipinski definition) is 3. The predicted octanol–water partition coefficient (Wildman–Crippen LogP) is 6.86. The summed E-state index contributed by atoms with van der Waals surface area (Å²) in [5.41, 5.74) is 9.00. The Morgan fingerprint density at radius 3 is 2.65 bits per heavy atom. The number of cyclic esters (lactones) is 1. The van der Waals surface area contributed by atoms with Crippen LogP contribution in [0.5, 0.6) is 5.75 Å². The third-order valence-corrected chi connectivity index (χ3v) is 10.1. The van der Waals surface area contributed by atoms with E-state index in [0.717, 1.165) is 44.5 Å². The zero-order valence-corrected chi connectivity index (χ0v) is 32.6. The smallest absolute Gasteiger partial charge is 0.408 e. The van der Waals surface area contributed by atoms with Crippen molar-refractivity contribution in [3.8, 4) is 28.1 Å². The summed E-state index contributed by atoms with van der Waals surface area (Å²) in [6, 6.07) is 13.7. The zero-order valence-electron chi connectivity index (χ0n) is 32.6. The lowest BCUT2D eigenvalue weighted by Gasteiger charge is -2.35. The van der Waals surface area contributed by atoms with Gasteiger partial charge >= 0.3 is 12.1 Å². The molecule has 0 aliphatic carbocycles. The predicted molar refractivity (Wildman–Crippen MR) is 207 cm³/mol. The van der Waals surface area contributed by atoms with Crippen LogP contribution in [-0.4, -0.2) is 75.6 Å². The van der Waals surface area contributed by atoms with Gasteiger partial charge in [0.2, 0.25) is 0 Å². The van der Waals surface area contributed by atoms with Crippen LogP contribution in [0.3, 0.4) is 0 Å². The molecule has 12 heteroatoms. The van der Waals surface area contributed by atoms with E-state index in [1.807, 2.05) is 25.1 Å². The van der Waals surface area contributed by atoms with Crippen molar-refractivity contribution in [3.63, 3.8) is 0 Å². The fourth-order valence-corrected chi connectivity index (χ4v) is 7.52. The van der Waals surface area contributed by atoms with Crippen molar-refractivity contribution in [2.24, 2.45) is 5.41 Å². The molecule has 2 aromatic carbocycles. The third-order valence-electron chi connectivity index (χ3n) is 10.1. The Balaban J connectivity index is 1.54. The monoisotopic (exact) mass is 739 g/mol. The summed E-state index contributed by atoms with van der Waals surface area (Å²) in [6.07, 6.45) is 2.46. The van der Waals surface area contributed by atoms with Crippen LogP contribution in [0.2, 0.25) is 0 Å². The molecule has 2 amide bonds. The second-order valence-corrected chi connectivity index (χ2v) is 16.2. The van der Waals surface area contributed by atoms with Gasteiger partial charge in [0.05, 0.1) is 24.1 Å². The van der Waals surface area contributed by atoms with Crippen molar-refractivity contribution >= 4 is 28.9 Å². The van der Waals surface area contributed by atoms with E-state index in [-0.39, 0.29) is 24.9 Å². The summed E-state index contributed by atoms with van der Waals surface area (Å²) in [6.45, 7) is 14.7. The van der Waals surface area contributed by atoms with Crippen LogP contribution >= 0.6 is 0 Å². The van der Waals surface area contributed by atoms with Gasteiger partial charge in [-0.3, -0.25) is 19.6 Å². The number of esters is 1. The molecule has 0 saturated carbocycles. The topological polar surface area (TPSA) is 144 Å². The van der Waals surface area contributed by atoms with Crippen LogP contribution in [-0.2, 0) is 43.2 Å². The maximum atomic E-state index is 14.1. The lowest BCUT2D eigenvalue weighted by Crippen LogP contribution is -2.60. The molecule has 2 aliphatic rings. The number of ether oxygens (including phenoxy) is 3. The fourth-order valence-electron chi connectivity index (χ4n) is 7.52. The molecule has 4 heterocycles. The molecule has 1 fully saturated rings. The molecule has 1 saturated heterocycles. The van der Waals surface area contributed by atoms with E-state index < -0.39 is 41.1 Å². The molecule has 12 nitrogen and oxygen atoms in total. The first kappa shape index (κ1) is 38.8. The number of nitrogens with one attached hydrogen (secondary N) is 2. The average molecular weight is 740 g/mol. The van der Waals surface area contributed by atoms with E-state index in [1.165, 1.54) is 5.01 Å². The Morgan fingerprint density at radius 1 is 1.15 bits per heavy atom. The molecule has 0 spiro atoms. The Labute approximate surface area is 317 Å². The Hall–Kier alpha value is -4.94. The number of benzene rings is 2. The first-order chi connectivity index (χ1) is 25.6. The van der Waals surface area contributed by atoms with Crippen LogP contribution in [0.4, 0.5) is 4.79 Å². The number of rotatable bonds is 5. The number of amides is 2. The number of phenolic OH excluding ortho intramolecular Hbond substituents is 1. The normalized spacial score (nSPS) is 19.9. The highest BCUT2D eigenvalue weighted by molar-refractivity contribution is 5.95. The van der Waals surface area contributed by atoms with Gasteiger partial charge in [-0.05, 0) is 113 Å². The highest BCUT2D eigenvalue weighted by atomic mass is 16.6. The molecule has 0 radical (unpaired) electrons. The van der Waals surface area contributed by atoms with E-state index in [1.54, 1.807) is 46.2 Å². The molecule has 6 rings (SSSR count). The average Bonchev–Trinajstić information content (AvgIpc) is 3.43. The summed E-state index contributed by atoms with van der Waals surface area (Å²) < 4.78 is 19.6. The molecule has 3 atom stereocenters. The van der Waals surface area contributed by atoms with Crippen LogP contribution in [0, 0.1) is 5.41 Å². The lowest BCUT2D eigenvalue weighted by atomic mass is 9.84. The largest absolute Gasteiger partial charge is 0.508 e. The van der Waals surface area contributed by atoms with Gasteiger partial charge < -0.3 is 29.2 Å². The van der Waals surface area contributed by atoms with Crippen molar-refractivity contribution in [2.75, 3.05) is 20.3 Å². The summed E-state index contributed by atoms with van der Waals surface area (Å²) >= 11 is 0. The minimum Gasteiger partial charge on any atom is -0.508 e. The number of nitrogens with zero attached hydrogens (tertiary/aromatic N) is 3. The van der Waals surface area contributed by atoms with Crippen molar-refractivity contribution in [2.45, 2.75) is 104 Å². The SMILES string of the molecule is CCn1c(-c2cccnc2[C@H](C)OC)c2c3cc(ccc31)-c1cc(O)cc(c1)C[C@H](NC(=O)OC(C)(C)C)C(=O)N1CCC[C@H](N1)C(=O)OCC(C)(C)C2. The first-order valence-corrected chi connectivity index (χ1v) is 18.8. The maximum absolute atomic E-state index is 14.1. The molecular weight excluding hydrogens is 686 g/mol. The molecule has 54 heavy (non-hydrogen) atoms. The van der Waals surface area contributed by atoms with Gasteiger partial charge in [0.15, 0.2) is 0 Å². The lowest BCUT2D eigenvalue weighted by molar-refractivity contribution is -0.155. The minimum absolute atomic E-state index is 0.0288. The number of hydrogen-bond acceptors (Lipinski definition) is 9. The zero-order chi connectivity index (χ0) is 38.9. The van der Waals surface area contributed by atoms with E-state index in [2.05, 4.69) is 54.3 Å². The van der Waals surface area contributed by atoms with Crippen LogP contribution in [0.25, 0.3) is 33.3 Å². The van der Waals surface area contributed by atoms with Crippen LogP contribution < -0.4 is 10.7 Å². The quantitative estimate of drug-likeness (QED) is 0.187. The van der Waals surface area contributed by atoms with Crippen LogP contribution in [0.1, 0.15) is 84.2 Å². The fraction of sp³-hybridized carbons (Fsp3) is 0.476. The number of alkyl carbamates (subject to hydrolysis) is 1. The van der Waals surface area contributed by atoms with Gasteiger partial charge in [-0.2, -0.15) is 0 Å². The summed E-state index contributed by atoms with van der Waals surface area (Å²) in [5, 5.41) is 16.2. The molecule has 0 unspecified atom stereocenters. The molecule has 2 aliphatic heterocycles. The van der Waals surface area contributed by atoms with E-state index in [4.69, 9.17) is 19.2 Å². The maximum Gasteiger partial charge on any atom is 0.408 e. The van der Waals surface area contributed by atoms with Gasteiger partial charge in [0.25, 0.3) is 5.91 Å². The first-order valence-electron chi connectivity index (χ1n) is 18.8. The number of pyridine rings is 1. The number of hydrazine groups is 1. The summed E-state index contributed by atoms with van der Waals surface area (Å²) in [5.74, 6) is -0.846. The third kappa shape index (κ3) is 8.39. The Kier molecular flexibility index (Phi) is 11.1. The van der Waals surface area contributed by atoms with Crippen molar-refractivity contribution in [1.29, 1.82) is 0 Å². The number of aromatic nitrogens is 2. The molecule has 288 valence electrons. The number of carbonyl (C=O) groups excluding carboxylic acids is 3. The van der Waals surface area contributed by atoms with E-state index in [0.29, 0.717) is 37.9 Å². The number of phenols is 1. The molecule has 2 aromatic heterocycles. The summed E-state index contributed by atoms with van der Waals surface area (Å²) in [7, 11) is 1.68. The van der Waals surface area contributed by atoms with Gasteiger partial charge in [0, 0.05) is 54.7 Å². The molecule has 3 N–H and O–H groups in total. The molecule has 6 bridgehead atoms. The van der Waals surface area contributed by atoms with Crippen molar-refractivity contribution in [3.05, 3.63) is 71.5 Å². The molecular formula is C42H53N5O7. The standard InChI is InChI=1S/C42H53N5O7/c1-9-46-35-15-14-27-22-31(35)32(37(46)30-12-10-16-43-36(30)25(2)52-8)23-42(6,7)24-53-39(50)33-13-11-17-47(45-33)38(49)34(44-40(51)54-41(3,4)5)20-26-18-28(27)21-29(48)19-26/h10,12,14-16,18-19,21-22,25,33-34,45,48H,9,11,13,17,20,23-24H2,1-8H3,(H,44,51)/t25-,33-,34-/m0/s1. The number of fused-ring (bicyclic) bond motifs is 6. The molecule has 4 aromatic rings.